The molecule has 0 N–H and O–H groups in total. The van der Waals surface area contributed by atoms with E-state index in [1.54, 1.807) is 11.9 Å². The lowest BCUT2D eigenvalue weighted by Crippen LogP contribution is -2.25. The Bertz CT molecular complexity index is 279. The Morgan fingerprint density at radius 1 is 1.29 bits per heavy atom. The fourth-order valence-electron chi connectivity index (χ4n) is 1.86. The van der Waals surface area contributed by atoms with Gasteiger partial charge < -0.3 is 0 Å². The zero-order valence-corrected chi connectivity index (χ0v) is 9.50. The third-order valence-corrected chi connectivity index (χ3v) is 4.07. The quantitative estimate of drug-likeness (QED) is 0.695. The summed E-state index contributed by atoms with van der Waals surface area (Å²) in [6, 6.07) is 7.43. The predicted octanol–water partition coefficient (Wildman–Crippen LogP) is 2.96. The SMILES string of the molecule is C[C@@H]1CC[C@H](C)N1Sc1ccccn1. The van der Waals surface area contributed by atoms with Crippen LogP contribution in [0.1, 0.15) is 26.7 Å². The largest absolute Gasteiger partial charge is 0.249 e. The summed E-state index contributed by atoms with van der Waals surface area (Å²) in [6.45, 7) is 4.58. The molecule has 0 bridgehead atoms. The second-order valence-corrected chi connectivity index (χ2v) is 4.92. The van der Waals surface area contributed by atoms with Crippen molar-refractivity contribution in [3.63, 3.8) is 0 Å². The first-order chi connectivity index (χ1) is 6.77. The first kappa shape index (κ1) is 9.99. The molecule has 0 aliphatic carbocycles. The molecule has 2 rings (SSSR count). The highest BCUT2D eigenvalue weighted by atomic mass is 32.2. The number of hydrogen-bond donors (Lipinski definition) is 0. The van der Waals surface area contributed by atoms with E-state index in [2.05, 4.69) is 29.2 Å². The highest BCUT2D eigenvalue weighted by Crippen LogP contribution is 2.33. The van der Waals surface area contributed by atoms with Crippen molar-refractivity contribution >= 4 is 11.9 Å². The summed E-state index contributed by atoms with van der Waals surface area (Å²) in [5, 5.41) is 1.10. The van der Waals surface area contributed by atoms with Gasteiger partial charge in [-0.1, -0.05) is 6.07 Å². The molecule has 0 aromatic carbocycles. The molecule has 0 radical (unpaired) electrons. The van der Waals surface area contributed by atoms with Crippen molar-refractivity contribution in [2.24, 2.45) is 0 Å². The molecular weight excluding hydrogens is 192 g/mol. The highest BCUT2D eigenvalue weighted by Gasteiger charge is 2.28. The van der Waals surface area contributed by atoms with Gasteiger partial charge in [0.2, 0.25) is 0 Å². The smallest absolute Gasteiger partial charge is 0.111 e. The Kier molecular flexibility index (Phi) is 3.08. The second kappa shape index (κ2) is 4.32. The van der Waals surface area contributed by atoms with E-state index in [-0.39, 0.29) is 0 Å². The molecule has 0 spiro atoms. The van der Waals surface area contributed by atoms with Crippen molar-refractivity contribution in [1.29, 1.82) is 0 Å². The van der Waals surface area contributed by atoms with Crippen LogP contribution in [0.15, 0.2) is 29.4 Å². The molecule has 0 saturated carbocycles. The average Bonchev–Trinajstić information content (AvgIpc) is 2.51. The van der Waals surface area contributed by atoms with Crippen LogP contribution < -0.4 is 0 Å². The lowest BCUT2D eigenvalue weighted by molar-refractivity contribution is 0.393. The minimum absolute atomic E-state index is 0.678. The number of nitrogens with zero attached hydrogens (tertiary/aromatic N) is 2. The first-order valence-electron chi connectivity index (χ1n) is 5.14. The van der Waals surface area contributed by atoms with E-state index in [1.807, 2.05) is 18.3 Å². The van der Waals surface area contributed by atoms with E-state index in [1.165, 1.54) is 12.8 Å². The number of hydrogen-bond acceptors (Lipinski definition) is 3. The van der Waals surface area contributed by atoms with Gasteiger partial charge in [0.15, 0.2) is 0 Å². The van der Waals surface area contributed by atoms with E-state index >= 15 is 0 Å². The Balaban J connectivity index is 2.04. The van der Waals surface area contributed by atoms with Gasteiger partial charge >= 0.3 is 0 Å². The predicted molar refractivity (Wildman–Crippen MR) is 60.1 cm³/mol. The van der Waals surface area contributed by atoms with Crippen LogP contribution in [0.5, 0.6) is 0 Å². The molecule has 1 aromatic heterocycles. The Labute approximate surface area is 89.9 Å². The van der Waals surface area contributed by atoms with E-state index in [0.717, 1.165) is 5.03 Å². The van der Waals surface area contributed by atoms with Crippen molar-refractivity contribution in [3.8, 4) is 0 Å². The molecule has 14 heavy (non-hydrogen) atoms. The van der Waals surface area contributed by atoms with Gasteiger partial charge in [-0.05, 0) is 50.8 Å². The minimum Gasteiger partial charge on any atom is -0.249 e. The maximum Gasteiger partial charge on any atom is 0.111 e. The fraction of sp³-hybridized carbons (Fsp3) is 0.545. The average molecular weight is 208 g/mol. The Morgan fingerprint density at radius 3 is 2.57 bits per heavy atom. The van der Waals surface area contributed by atoms with E-state index in [4.69, 9.17) is 0 Å². The molecule has 1 saturated heterocycles. The van der Waals surface area contributed by atoms with Crippen LogP contribution in [-0.2, 0) is 0 Å². The standard InChI is InChI=1S/C11H16N2S/c1-9-6-7-10(2)13(9)14-11-5-3-4-8-12-11/h3-5,8-10H,6-7H2,1-2H3/t9-,10+. The Hall–Kier alpha value is -0.540. The van der Waals surface area contributed by atoms with Gasteiger partial charge in [-0.15, -0.1) is 0 Å². The Morgan fingerprint density at radius 2 is 2.00 bits per heavy atom. The molecule has 1 aliphatic heterocycles. The molecule has 2 heterocycles. The van der Waals surface area contributed by atoms with E-state index in [0.29, 0.717) is 12.1 Å². The molecule has 0 unspecified atom stereocenters. The molecular formula is C11H16N2S. The van der Waals surface area contributed by atoms with Crippen molar-refractivity contribution in [2.45, 2.75) is 43.8 Å². The molecule has 1 fully saturated rings. The molecule has 2 nitrogen and oxygen atoms in total. The summed E-state index contributed by atoms with van der Waals surface area (Å²) in [5.74, 6) is 0. The van der Waals surface area contributed by atoms with E-state index < -0.39 is 0 Å². The third-order valence-electron chi connectivity index (χ3n) is 2.71. The van der Waals surface area contributed by atoms with Crippen LogP contribution in [0.3, 0.4) is 0 Å². The van der Waals surface area contributed by atoms with Gasteiger partial charge in [-0.3, -0.25) is 0 Å². The molecule has 0 amide bonds. The summed E-state index contributed by atoms with van der Waals surface area (Å²) in [4.78, 5) is 4.33. The monoisotopic (exact) mass is 208 g/mol. The van der Waals surface area contributed by atoms with Crippen LogP contribution in [0, 0.1) is 0 Å². The number of pyridine rings is 1. The lowest BCUT2D eigenvalue weighted by Gasteiger charge is -2.23. The highest BCUT2D eigenvalue weighted by molar-refractivity contribution is 7.97. The summed E-state index contributed by atoms with van der Waals surface area (Å²) in [5.41, 5.74) is 0. The molecule has 76 valence electrons. The van der Waals surface area contributed by atoms with Crippen LogP contribution in [0.4, 0.5) is 0 Å². The topological polar surface area (TPSA) is 16.1 Å². The normalized spacial score (nSPS) is 28.1. The third kappa shape index (κ3) is 2.10. The van der Waals surface area contributed by atoms with Gasteiger partial charge in [0.1, 0.15) is 5.03 Å². The molecule has 2 atom stereocenters. The van der Waals surface area contributed by atoms with Crippen molar-refractivity contribution in [1.82, 2.24) is 9.29 Å². The van der Waals surface area contributed by atoms with Gasteiger partial charge in [-0.2, -0.15) is 0 Å². The van der Waals surface area contributed by atoms with Crippen molar-refractivity contribution in [3.05, 3.63) is 24.4 Å². The summed E-state index contributed by atoms with van der Waals surface area (Å²) in [6.07, 6.45) is 4.47. The second-order valence-electron chi connectivity index (χ2n) is 3.89. The van der Waals surface area contributed by atoms with E-state index in [9.17, 15) is 0 Å². The molecule has 1 aliphatic rings. The summed E-state index contributed by atoms with van der Waals surface area (Å²) < 4.78 is 2.46. The number of aromatic nitrogens is 1. The first-order valence-corrected chi connectivity index (χ1v) is 5.92. The fourth-order valence-corrected chi connectivity index (χ4v) is 2.89. The van der Waals surface area contributed by atoms with Crippen LogP contribution in [0.2, 0.25) is 0 Å². The zero-order valence-electron chi connectivity index (χ0n) is 8.68. The van der Waals surface area contributed by atoms with Gasteiger partial charge in [0.25, 0.3) is 0 Å². The minimum atomic E-state index is 0.678. The van der Waals surface area contributed by atoms with Gasteiger partial charge in [0, 0.05) is 18.3 Å². The van der Waals surface area contributed by atoms with Crippen LogP contribution in [-0.4, -0.2) is 21.4 Å². The number of rotatable bonds is 2. The molecule has 3 heteroatoms. The van der Waals surface area contributed by atoms with Crippen molar-refractivity contribution in [2.75, 3.05) is 0 Å². The maximum absolute atomic E-state index is 4.33. The summed E-state index contributed by atoms with van der Waals surface area (Å²) in [7, 11) is 0. The zero-order chi connectivity index (χ0) is 9.97. The maximum atomic E-state index is 4.33. The van der Waals surface area contributed by atoms with Gasteiger partial charge in [0.05, 0.1) is 0 Å². The van der Waals surface area contributed by atoms with Crippen LogP contribution in [0.25, 0.3) is 0 Å². The van der Waals surface area contributed by atoms with Crippen molar-refractivity contribution < 1.29 is 0 Å². The molecule has 1 aromatic rings. The summed E-state index contributed by atoms with van der Waals surface area (Å²) >= 11 is 1.79. The van der Waals surface area contributed by atoms with Gasteiger partial charge in [-0.25, -0.2) is 9.29 Å². The van der Waals surface area contributed by atoms with Crippen LogP contribution >= 0.6 is 11.9 Å². The lowest BCUT2D eigenvalue weighted by atomic mass is 10.2.